The van der Waals surface area contributed by atoms with Gasteiger partial charge in [-0.1, -0.05) is 18.2 Å². The molecule has 1 fully saturated rings. The number of nitro groups is 1. The van der Waals surface area contributed by atoms with Crippen molar-refractivity contribution >= 4 is 17.6 Å². The summed E-state index contributed by atoms with van der Waals surface area (Å²) in [6.45, 7) is 0.262. The van der Waals surface area contributed by atoms with Crippen LogP contribution >= 0.6 is 0 Å². The molecule has 1 unspecified atom stereocenters. The molecule has 1 N–H and O–H groups in total. The van der Waals surface area contributed by atoms with Crippen molar-refractivity contribution in [3.63, 3.8) is 0 Å². The third-order valence-electron chi connectivity index (χ3n) is 5.27. The largest absolute Gasteiger partial charge is 0.497 e. The van der Waals surface area contributed by atoms with E-state index in [0.29, 0.717) is 12.2 Å². The number of nitro benzene ring substituents is 1. The molecule has 4 rings (SSSR count). The number of carbonyl (C=O) groups excluding carboxylic acids is 2. The third-order valence-corrected chi connectivity index (χ3v) is 5.27. The van der Waals surface area contributed by atoms with Gasteiger partial charge in [0.2, 0.25) is 0 Å². The van der Waals surface area contributed by atoms with E-state index in [0.717, 1.165) is 16.7 Å². The third kappa shape index (κ3) is 2.69. The molecule has 1 aliphatic carbocycles. The molecule has 0 bridgehead atoms. The van der Waals surface area contributed by atoms with Gasteiger partial charge in [-0.05, 0) is 28.8 Å². The van der Waals surface area contributed by atoms with Crippen molar-refractivity contribution in [2.45, 2.75) is 24.9 Å². The highest BCUT2D eigenvalue weighted by Crippen LogP contribution is 2.40. The van der Waals surface area contributed by atoms with Crippen LogP contribution in [0.2, 0.25) is 0 Å². The van der Waals surface area contributed by atoms with Crippen molar-refractivity contribution in [3.8, 4) is 5.75 Å². The zero-order valence-corrected chi connectivity index (χ0v) is 14.6. The molecule has 1 spiro atoms. The SMILES string of the molecule is COc1ccc(CN2C(=O)NC(=O)C23Cc2ccc([N+](=O)[O-])cc2C3)cc1. The van der Waals surface area contributed by atoms with Gasteiger partial charge in [-0.15, -0.1) is 0 Å². The number of rotatable bonds is 4. The minimum absolute atomic E-state index is 0.0164. The van der Waals surface area contributed by atoms with E-state index < -0.39 is 16.5 Å². The predicted molar refractivity (Wildman–Crippen MR) is 95.3 cm³/mol. The van der Waals surface area contributed by atoms with E-state index in [1.807, 2.05) is 12.1 Å². The van der Waals surface area contributed by atoms with Gasteiger partial charge >= 0.3 is 6.03 Å². The van der Waals surface area contributed by atoms with Gasteiger partial charge in [0.05, 0.1) is 12.0 Å². The summed E-state index contributed by atoms with van der Waals surface area (Å²) in [6.07, 6.45) is 0.603. The number of ether oxygens (including phenoxy) is 1. The number of hydrogen-bond donors (Lipinski definition) is 1. The molecule has 1 atom stereocenters. The van der Waals surface area contributed by atoms with Crippen LogP contribution in [0, 0.1) is 10.1 Å². The summed E-state index contributed by atoms with van der Waals surface area (Å²) in [5, 5.41) is 13.4. The highest BCUT2D eigenvalue weighted by molar-refractivity contribution is 6.07. The summed E-state index contributed by atoms with van der Waals surface area (Å²) in [7, 11) is 1.57. The number of amides is 3. The van der Waals surface area contributed by atoms with Crippen LogP contribution in [-0.4, -0.2) is 34.4 Å². The maximum Gasteiger partial charge on any atom is 0.325 e. The van der Waals surface area contributed by atoms with Crippen LogP contribution in [-0.2, 0) is 24.2 Å². The number of imide groups is 1. The Kier molecular flexibility index (Phi) is 3.83. The first-order valence-electron chi connectivity index (χ1n) is 8.45. The number of methoxy groups -OCH3 is 1. The Morgan fingerprint density at radius 2 is 1.85 bits per heavy atom. The van der Waals surface area contributed by atoms with Gasteiger partial charge in [0, 0.05) is 31.5 Å². The Balaban J connectivity index is 1.66. The zero-order chi connectivity index (χ0) is 19.2. The zero-order valence-electron chi connectivity index (χ0n) is 14.6. The molecule has 0 saturated carbocycles. The first-order chi connectivity index (χ1) is 12.9. The molecule has 27 heavy (non-hydrogen) atoms. The van der Waals surface area contributed by atoms with Gasteiger partial charge in [0.25, 0.3) is 11.6 Å². The van der Waals surface area contributed by atoms with E-state index >= 15 is 0 Å². The average Bonchev–Trinajstić information content (AvgIpc) is 3.14. The molecule has 1 saturated heterocycles. The lowest BCUT2D eigenvalue weighted by Crippen LogP contribution is -2.50. The summed E-state index contributed by atoms with van der Waals surface area (Å²) < 4.78 is 5.14. The summed E-state index contributed by atoms with van der Waals surface area (Å²) in [5.74, 6) is 0.343. The van der Waals surface area contributed by atoms with Crippen molar-refractivity contribution < 1.29 is 19.2 Å². The van der Waals surface area contributed by atoms with Crippen molar-refractivity contribution in [3.05, 3.63) is 69.3 Å². The monoisotopic (exact) mass is 367 g/mol. The second-order valence-electron chi connectivity index (χ2n) is 6.79. The Bertz CT molecular complexity index is 956. The highest BCUT2D eigenvalue weighted by Gasteiger charge is 2.55. The van der Waals surface area contributed by atoms with Gasteiger partial charge in [-0.25, -0.2) is 4.79 Å². The minimum atomic E-state index is -1.05. The first kappa shape index (κ1) is 17.0. The molecule has 138 valence electrons. The minimum Gasteiger partial charge on any atom is -0.497 e. The van der Waals surface area contributed by atoms with Gasteiger partial charge in [0.15, 0.2) is 0 Å². The lowest BCUT2D eigenvalue weighted by molar-refractivity contribution is -0.384. The summed E-state index contributed by atoms with van der Waals surface area (Å²) >= 11 is 0. The molecule has 1 aliphatic heterocycles. The number of carbonyl (C=O) groups is 2. The Morgan fingerprint density at radius 3 is 2.52 bits per heavy atom. The van der Waals surface area contributed by atoms with Crippen LogP contribution in [0.1, 0.15) is 16.7 Å². The van der Waals surface area contributed by atoms with Crippen molar-refractivity contribution in [2.24, 2.45) is 0 Å². The van der Waals surface area contributed by atoms with Gasteiger partial charge in [-0.2, -0.15) is 0 Å². The lowest BCUT2D eigenvalue weighted by Gasteiger charge is -2.31. The fourth-order valence-corrected chi connectivity index (χ4v) is 3.84. The molecule has 8 nitrogen and oxygen atoms in total. The van der Waals surface area contributed by atoms with Crippen LogP contribution in [0.15, 0.2) is 42.5 Å². The normalized spacial score (nSPS) is 20.7. The molecule has 3 amide bonds. The van der Waals surface area contributed by atoms with Crippen LogP contribution in [0.25, 0.3) is 0 Å². The van der Waals surface area contributed by atoms with E-state index in [-0.39, 0.29) is 24.6 Å². The van der Waals surface area contributed by atoms with Crippen LogP contribution < -0.4 is 10.1 Å². The van der Waals surface area contributed by atoms with Crippen molar-refractivity contribution in [1.29, 1.82) is 0 Å². The Labute approximate surface area is 154 Å². The van der Waals surface area contributed by atoms with Crippen molar-refractivity contribution in [1.82, 2.24) is 10.2 Å². The van der Waals surface area contributed by atoms with E-state index in [1.54, 1.807) is 25.3 Å². The number of nitrogens with zero attached hydrogens (tertiary/aromatic N) is 2. The number of fused-ring (bicyclic) bond motifs is 1. The molecule has 0 radical (unpaired) electrons. The number of benzene rings is 2. The standard InChI is InChI=1S/C19H17N3O5/c1-27-16-6-2-12(3-7-16)11-21-18(24)20-17(23)19(21)9-13-4-5-15(22(25)26)8-14(13)10-19/h2-8H,9-11H2,1H3,(H,20,23,24). The maximum atomic E-state index is 12.7. The first-order valence-corrected chi connectivity index (χ1v) is 8.45. The molecular weight excluding hydrogens is 350 g/mol. The summed E-state index contributed by atoms with van der Waals surface area (Å²) in [6, 6.07) is 11.4. The quantitative estimate of drug-likeness (QED) is 0.507. The summed E-state index contributed by atoms with van der Waals surface area (Å²) in [4.78, 5) is 37.2. The van der Waals surface area contributed by atoms with Gasteiger partial charge < -0.3 is 9.64 Å². The molecule has 2 aromatic carbocycles. The average molecular weight is 367 g/mol. The summed E-state index contributed by atoms with van der Waals surface area (Å²) in [5.41, 5.74) is 1.38. The lowest BCUT2D eigenvalue weighted by atomic mass is 9.93. The van der Waals surface area contributed by atoms with Gasteiger partial charge in [-0.3, -0.25) is 20.2 Å². The van der Waals surface area contributed by atoms with Crippen LogP contribution in [0.4, 0.5) is 10.5 Å². The van der Waals surface area contributed by atoms with Crippen LogP contribution in [0.3, 0.4) is 0 Å². The molecule has 0 aromatic heterocycles. The number of hydrogen-bond acceptors (Lipinski definition) is 5. The van der Waals surface area contributed by atoms with E-state index in [2.05, 4.69) is 5.32 Å². The van der Waals surface area contributed by atoms with Crippen LogP contribution in [0.5, 0.6) is 5.75 Å². The van der Waals surface area contributed by atoms with E-state index in [1.165, 1.54) is 17.0 Å². The Hall–Kier alpha value is -3.42. The fraction of sp³-hybridized carbons (Fsp3) is 0.263. The topological polar surface area (TPSA) is 102 Å². The molecule has 8 heteroatoms. The fourth-order valence-electron chi connectivity index (χ4n) is 3.84. The van der Waals surface area contributed by atoms with E-state index in [9.17, 15) is 19.7 Å². The second-order valence-corrected chi connectivity index (χ2v) is 6.79. The maximum absolute atomic E-state index is 12.7. The number of nitrogens with one attached hydrogen (secondary N) is 1. The molecule has 2 aliphatic rings. The van der Waals surface area contributed by atoms with Gasteiger partial charge in [0.1, 0.15) is 11.3 Å². The predicted octanol–water partition coefficient (Wildman–Crippen LogP) is 2.19. The molecule has 1 heterocycles. The second kappa shape index (κ2) is 6.08. The smallest absolute Gasteiger partial charge is 0.325 e. The Morgan fingerprint density at radius 1 is 1.15 bits per heavy atom. The van der Waals surface area contributed by atoms with Crippen molar-refractivity contribution in [2.75, 3.05) is 7.11 Å². The highest BCUT2D eigenvalue weighted by atomic mass is 16.6. The molecule has 2 aromatic rings. The number of non-ortho nitro benzene ring substituents is 1. The number of urea groups is 1. The molecular formula is C19H17N3O5. The van der Waals surface area contributed by atoms with E-state index in [4.69, 9.17) is 4.74 Å².